The van der Waals surface area contributed by atoms with Crippen LogP contribution in [0.25, 0.3) is 0 Å². The molecule has 1 aliphatic heterocycles. The minimum absolute atomic E-state index is 0.173. The van der Waals surface area contributed by atoms with Gasteiger partial charge < -0.3 is 0 Å². The highest BCUT2D eigenvalue weighted by Crippen LogP contribution is 2.21. The van der Waals surface area contributed by atoms with Crippen LogP contribution in [0.4, 0.5) is 5.82 Å². The van der Waals surface area contributed by atoms with Gasteiger partial charge >= 0.3 is 5.69 Å². The van der Waals surface area contributed by atoms with E-state index in [9.17, 15) is 9.59 Å². The van der Waals surface area contributed by atoms with Crippen LogP contribution in [-0.2, 0) is 19.5 Å². The van der Waals surface area contributed by atoms with E-state index in [0.29, 0.717) is 30.9 Å². The molecule has 1 aromatic rings. The van der Waals surface area contributed by atoms with E-state index >= 15 is 0 Å². The van der Waals surface area contributed by atoms with Gasteiger partial charge in [-0.05, 0) is 33.6 Å². The van der Waals surface area contributed by atoms with E-state index in [2.05, 4.69) is 4.99 Å². The van der Waals surface area contributed by atoms with Gasteiger partial charge in [0.2, 0.25) is 0 Å². The molecule has 0 saturated carbocycles. The van der Waals surface area contributed by atoms with Gasteiger partial charge in [-0.1, -0.05) is 0 Å². The first-order chi connectivity index (χ1) is 8.10. The van der Waals surface area contributed by atoms with E-state index in [-0.39, 0.29) is 11.2 Å². The molecule has 0 aliphatic carbocycles. The maximum Gasteiger partial charge on any atom is 0.332 e. The molecule has 0 N–H and O–H groups in total. The van der Waals surface area contributed by atoms with Crippen molar-refractivity contribution in [3.05, 3.63) is 26.4 Å². The van der Waals surface area contributed by atoms with Crippen LogP contribution < -0.4 is 11.2 Å². The van der Waals surface area contributed by atoms with Crippen molar-refractivity contribution in [1.82, 2.24) is 9.13 Å². The lowest BCUT2D eigenvalue weighted by atomic mass is 10.1. The first-order valence-corrected chi connectivity index (χ1v) is 6.00. The fourth-order valence-electron chi connectivity index (χ4n) is 2.20. The largest absolute Gasteiger partial charge is 0.332 e. The quantitative estimate of drug-likeness (QED) is 0.770. The van der Waals surface area contributed by atoms with Crippen molar-refractivity contribution in [2.75, 3.05) is 0 Å². The third kappa shape index (κ3) is 1.75. The molecule has 2 rings (SSSR count). The Morgan fingerprint density at radius 2 is 1.76 bits per heavy atom. The Kier molecular flexibility index (Phi) is 3.00. The summed E-state index contributed by atoms with van der Waals surface area (Å²) in [6.07, 6.45) is 1.48. The molecule has 92 valence electrons. The summed E-state index contributed by atoms with van der Waals surface area (Å²) in [6, 6.07) is 0. The molecule has 0 radical (unpaired) electrons. The van der Waals surface area contributed by atoms with Gasteiger partial charge in [0.15, 0.2) is 0 Å². The summed E-state index contributed by atoms with van der Waals surface area (Å²) in [5, 5.41) is 0. The standard InChI is InChI=1S/C12H17N3O2/c1-4-14-10-9(7-6-8(3)13-10)11(16)15(5-2)12(14)17/h4-7H2,1-3H3. The summed E-state index contributed by atoms with van der Waals surface area (Å²) in [6.45, 7) is 6.59. The molecule has 17 heavy (non-hydrogen) atoms. The minimum Gasteiger partial charge on any atom is -0.278 e. The lowest BCUT2D eigenvalue weighted by Crippen LogP contribution is -2.41. The summed E-state index contributed by atoms with van der Waals surface area (Å²) in [4.78, 5) is 28.6. The van der Waals surface area contributed by atoms with E-state index < -0.39 is 0 Å². The van der Waals surface area contributed by atoms with Crippen molar-refractivity contribution in [3.8, 4) is 0 Å². The van der Waals surface area contributed by atoms with Crippen LogP contribution in [0, 0.1) is 0 Å². The predicted molar refractivity (Wildman–Crippen MR) is 67.4 cm³/mol. The van der Waals surface area contributed by atoms with Crippen molar-refractivity contribution >= 4 is 11.5 Å². The fourth-order valence-corrected chi connectivity index (χ4v) is 2.20. The van der Waals surface area contributed by atoms with Crippen LogP contribution in [0.3, 0.4) is 0 Å². The Bertz CT molecular complexity index is 593. The fraction of sp³-hybridized carbons (Fsp3) is 0.583. The van der Waals surface area contributed by atoms with Crippen molar-refractivity contribution < 1.29 is 0 Å². The van der Waals surface area contributed by atoms with Gasteiger partial charge in [0.1, 0.15) is 5.82 Å². The Morgan fingerprint density at radius 1 is 1.12 bits per heavy atom. The molecule has 2 heterocycles. The molecular formula is C12H17N3O2. The van der Waals surface area contributed by atoms with Gasteiger partial charge in [0.05, 0.1) is 5.56 Å². The average Bonchev–Trinajstić information content (AvgIpc) is 2.30. The van der Waals surface area contributed by atoms with Gasteiger partial charge in [0, 0.05) is 18.8 Å². The molecular weight excluding hydrogens is 218 g/mol. The number of aromatic nitrogens is 2. The minimum atomic E-state index is -0.253. The highest BCUT2D eigenvalue weighted by Gasteiger charge is 2.20. The van der Waals surface area contributed by atoms with Crippen LogP contribution in [-0.4, -0.2) is 14.8 Å². The van der Waals surface area contributed by atoms with E-state index in [1.165, 1.54) is 4.57 Å². The number of aliphatic imine (C=N–C) groups is 1. The van der Waals surface area contributed by atoms with Gasteiger partial charge in [-0.15, -0.1) is 0 Å². The Labute approximate surface area is 99.4 Å². The SMILES string of the molecule is CCn1c2c(c(=O)n(CC)c1=O)CCC(C)=N2. The molecule has 5 nitrogen and oxygen atoms in total. The molecule has 0 fully saturated rings. The summed E-state index contributed by atoms with van der Waals surface area (Å²) in [5.74, 6) is 0.566. The smallest absolute Gasteiger partial charge is 0.278 e. The Morgan fingerprint density at radius 3 is 2.35 bits per heavy atom. The number of nitrogens with zero attached hydrogens (tertiary/aromatic N) is 3. The number of hydrogen-bond donors (Lipinski definition) is 0. The van der Waals surface area contributed by atoms with E-state index in [1.54, 1.807) is 4.57 Å². The second kappa shape index (κ2) is 4.31. The molecule has 1 aromatic heterocycles. The van der Waals surface area contributed by atoms with Crippen LogP contribution in [0.15, 0.2) is 14.6 Å². The summed E-state index contributed by atoms with van der Waals surface area (Å²) < 4.78 is 2.88. The number of fused-ring (bicyclic) bond motifs is 1. The molecule has 0 bridgehead atoms. The van der Waals surface area contributed by atoms with Crippen LogP contribution in [0.1, 0.15) is 32.8 Å². The molecule has 0 amide bonds. The van der Waals surface area contributed by atoms with Gasteiger partial charge in [0.25, 0.3) is 5.56 Å². The first kappa shape index (κ1) is 11.8. The van der Waals surface area contributed by atoms with Crippen LogP contribution in [0.2, 0.25) is 0 Å². The zero-order valence-electron chi connectivity index (χ0n) is 10.5. The van der Waals surface area contributed by atoms with Crippen molar-refractivity contribution in [2.24, 2.45) is 4.99 Å². The highest BCUT2D eigenvalue weighted by molar-refractivity contribution is 5.86. The van der Waals surface area contributed by atoms with Crippen molar-refractivity contribution in [1.29, 1.82) is 0 Å². The lowest BCUT2D eigenvalue weighted by Gasteiger charge is -2.18. The second-order valence-electron chi connectivity index (χ2n) is 4.23. The van der Waals surface area contributed by atoms with Crippen LogP contribution >= 0.6 is 0 Å². The number of rotatable bonds is 2. The zero-order valence-corrected chi connectivity index (χ0v) is 10.5. The molecule has 0 atom stereocenters. The monoisotopic (exact) mass is 235 g/mol. The van der Waals surface area contributed by atoms with E-state index in [0.717, 1.165) is 12.1 Å². The summed E-state index contributed by atoms with van der Waals surface area (Å²) in [7, 11) is 0. The Balaban J connectivity index is 2.87. The third-order valence-electron chi connectivity index (χ3n) is 3.16. The average molecular weight is 235 g/mol. The first-order valence-electron chi connectivity index (χ1n) is 6.00. The lowest BCUT2D eigenvalue weighted by molar-refractivity contribution is 0.578. The maximum absolute atomic E-state index is 12.1. The maximum atomic E-state index is 12.1. The van der Waals surface area contributed by atoms with Gasteiger partial charge in [-0.25, -0.2) is 9.79 Å². The molecule has 5 heteroatoms. The molecule has 0 spiro atoms. The van der Waals surface area contributed by atoms with E-state index in [1.807, 2.05) is 20.8 Å². The molecule has 0 aromatic carbocycles. The topological polar surface area (TPSA) is 56.4 Å². The molecule has 0 unspecified atom stereocenters. The van der Waals surface area contributed by atoms with Crippen molar-refractivity contribution in [3.63, 3.8) is 0 Å². The van der Waals surface area contributed by atoms with Gasteiger partial charge in [-0.3, -0.25) is 13.9 Å². The Hall–Kier alpha value is -1.65. The molecule has 1 aliphatic rings. The highest BCUT2D eigenvalue weighted by atomic mass is 16.2. The van der Waals surface area contributed by atoms with Crippen molar-refractivity contribution in [2.45, 2.75) is 46.7 Å². The zero-order chi connectivity index (χ0) is 12.6. The summed E-state index contributed by atoms with van der Waals surface area (Å²) in [5.41, 5.74) is 1.23. The van der Waals surface area contributed by atoms with Gasteiger partial charge in [-0.2, -0.15) is 0 Å². The normalized spacial score (nSPS) is 14.4. The predicted octanol–water partition coefficient (Wildman–Crippen LogP) is 1.09. The van der Waals surface area contributed by atoms with E-state index in [4.69, 9.17) is 0 Å². The third-order valence-corrected chi connectivity index (χ3v) is 3.16. The second-order valence-corrected chi connectivity index (χ2v) is 4.23. The number of hydrogen-bond acceptors (Lipinski definition) is 3. The van der Waals surface area contributed by atoms with Crippen LogP contribution in [0.5, 0.6) is 0 Å². The summed E-state index contributed by atoms with van der Waals surface area (Å²) >= 11 is 0. The molecule has 0 saturated heterocycles.